The minimum Gasteiger partial charge on any atom is -0.481 e. The zero-order valence-corrected chi connectivity index (χ0v) is 13.4. The maximum Gasteiger partial charge on any atom is 0.310 e. The summed E-state index contributed by atoms with van der Waals surface area (Å²) in [6.07, 6.45) is 4.89. The van der Waals surface area contributed by atoms with E-state index in [9.17, 15) is 14.7 Å². The van der Waals surface area contributed by atoms with E-state index in [-0.39, 0.29) is 12.3 Å². The van der Waals surface area contributed by atoms with Crippen molar-refractivity contribution in [2.75, 3.05) is 6.54 Å². The lowest BCUT2D eigenvalue weighted by Crippen LogP contribution is -2.39. The largest absolute Gasteiger partial charge is 0.481 e. The number of amides is 1. The summed E-state index contributed by atoms with van der Waals surface area (Å²) in [6.45, 7) is 0.519. The van der Waals surface area contributed by atoms with Crippen LogP contribution in [0, 0.1) is 5.41 Å². The van der Waals surface area contributed by atoms with E-state index in [1.54, 1.807) is 0 Å². The van der Waals surface area contributed by atoms with Gasteiger partial charge in [-0.3, -0.25) is 9.59 Å². The first kappa shape index (κ1) is 16.3. The summed E-state index contributed by atoms with van der Waals surface area (Å²) >= 11 is 7.35. The number of aliphatic carboxylic acids is 1. The third-order valence-electron chi connectivity index (χ3n) is 4.09. The van der Waals surface area contributed by atoms with Crippen molar-refractivity contribution in [1.82, 2.24) is 5.32 Å². The second kappa shape index (κ2) is 7.27. The Morgan fingerprint density at radius 2 is 2.00 bits per heavy atom. The highest BCUT2D eigenvalue weighted by Gasteiger charge is 2.41. The number of carboxylic acids is 1. The molecule has 0 spiro atoms. The standard InChI is InChI=1S/C15H20ClNO3S/c16-12-5-4-11(21-12)6-9-17-13(18)10-15(14(19)20)7-2-1-3-8-15/h4-5H,1-3,6-10H2,(H,17,18)(H,19,20). The number of hydrogen-bond acceptors (Lipinski definition) is 3. The molecule has 2 rings (SSSR count). The first-order valence-electron chi connectivity index (χ1n) is 7.26. The molecule has 21 heavy (non-hydrogen) atoms. The molecule has 1 aromatic rings. The normalized spacial score (nSPS) is 17.4. The maximum absolute atomic E-state index is 12.0. The maximum atomic E-state index is 12.0. The highest BCUT2D eigenvalue weighted by atomic mass is 35.5. The van der Waals surface area contributed by atoms with Gasteiger partial charge in [-0.05, 0) is 31.4 Å². The molecule has 4 nitrogen and oxygen atoms in total. The first-order chi connectivity index (χ1) is 10.0. The van der Waals surface area contributed by atoms with E-state index >= 15 is 0 Å². The molecule has 1 aliphatic carbocycles. The van der Waals surface area contributed by atoms with Crippen LogP contribution in [0.4, 0.5) is 0 Å². The van der Waals surface area contributed by atoms with Crippen molar-refractivity contribution < 1.29 is 14.7 Å². The van der Waals surface area contributed by atoms with E-state index in [4.69, 9.17) is 11.6 Å². The Morgan fingerprint density at radius 1 is 1.29 bits per heavy atom. The molecule has 0 bridgehead atoms. The van der Waals surface area contributed by atoms with Gasteiger partial charge in [-0.2, -0.15) is 0 Å². The van der Waals surface area contributed by atoms with Gasteiger partial charge >= 0.3 is 5.97 Å². The number of halogens is 1. The lowest BCUT2D eigenvalue weighted by molar-refractivity contribution is -0.154. The van der Waals surface area contributed by atoms with Crippen LogP contribution in [0.2, 0.25) is 4.34 Å². The van der Waals surface area contributed by atoms with Gasteiger partial charge in [0.05, 0.1) is 9.75 Å². The van der Waals surface area contributed by atoms with Crippen molar-refractivity contribution in [1.29, 1.82) is 0 Å². The second-order valence-electron chi connectivity index (χ2n) is 5.63. The van der Waals surface area contributed by atoms with Gasteiger partial charge < -0.3 is 10.4 Å². The van der Waals surface area contributed by atoms with Gasteiger partial charge in [0, 0.05) is 17.8 Å². The van der Waals surface area contributed by atoms with Crippen LogP contribution in [0.15, 0.2) is 12.1 Å². The van der Waals surface area contributed by atoms with Crippen molar-refractivity contribution >= 4 is 34.8 Å². The van der Waals surface area contributed by atoms with E-state index in [0.29, 0.717) is 19.4 Å². The summed E-state index contributed by atoms with van der Waals surface area (Å²) in [5.74, 6) is -0.996. The van der Waals surface area contributed by atoms with Crippen LogP contribution in [-0.2, 0) is 16.0 Å². The molecule has 0 radical (unpaired) electrons. The topological polar surface area (TPSA) is 66.4 Å². The minimum absolute atomic E-state index is 0.0908. The summed E-state index contributed by atoms with van der Waals surface area (Å²) in [5, 5.41) is 12.3. The number of nitrogens with one attached hydrogen (secondary N) is 1. The van der Waals surface area contributed by atoms with E-state index < -0.39 is 11.4 Å². The highest BCUT2D eigenvalue weighted by Crippen LogP contribution is 2.39. The number of thiophene rings is 1. The molecule has 6 heteroatoms. The molecule has 0 atom stereocenters. The van der Waals surface area contributed by atoms with Gasteiger partial charge in [-0.15, -0.1) is 11.3 Å². The van der Waals surface area contributed by atoms with Crippen LogP contribution in [0.5, 0.6) is 0 Å². The van der Waals surface area contributed by atoms with Crippen LogP contribution in [0.3, 0.4) is 0 Å². The summed E-state index contributed by atoms with van der Waals surface area (Å²) in [5.41, 5.74) is -0.853. The Balaban J connectivity index is 1.81. The molecule has 0 unspecified atom stereocenters. The van der Waals surface area contributed by atoms with Gasteiger partial charge in [0.1, 0.15) is 0 Å². The van der Waals surface area contributed by atoms with Gasteiger partial charge in [-0.25, -0.2) is 0 Å². The smallest absolute Gasteiger partial charge is 0.310 e. The molecule has 0 aromatic carbocycles. The van der Waals surface area contributed by atoms with Gasteiger partial charge in [-0.1, -0.05) is 30.9 Å². The Kier molecular flexibility index (Phi) is 5.65. The number of hydrogen-bond donors (Lipinski definition) is 2. The van der Waals surface area contributed by atoms with E-state index in [0.717, 1.165) is 34.9 Å². The molecule has 2 N–H and O–H groups in total. The molecular weight excluding hydrogens is 310 g/mol. The predicted molar refractivity (Wildman–Crippen MR) is 83.8 cm³/mol. The van der Waals surface area contributed by atoms with Crippen molar-refractivity contribution in [2.45, 2.75) is 44.9 Å². The highest BCUT2D eigenvalue weighted by molar-refractivity contribution is 7.16. The molecule has 1 heterocycles. The van der Waals surface area contributed by atoms with E-state index in [1.807, 2.05) is 12.1 Å². The molecule has 1 amide bonds. The third-order valence-corrected chi connectivity index (χ3v) is 5.38. The van der Waals surface area contributed by atoms with Gasteiger partial charge in [0.2, 0.25) is 5.91 Å². The van der Waals surface area contributed by atoms with Crippen LogP contribution < -0.4 is 5.32 Å². The zero-order valence-electron chi connectivity index (χ0n) is 11.9. The molecule has 1 saturated carbocycles. The summed E-state index contributed by atoms with van der Waals surface area (Å²) in [6, 6.07) is 3.78. The Hall–Kier alpha value is -1.07. The number of rotatable bonds is 6. The molecule has 0 saturated heterocycles. The zero-order chi connectivity index (χ0) is 15.3. The van der Waals surface area contributed by atoms with Crippen molar-refractivity contribution in [2.24, 2.45) is 5.41 Å². The second-order valence-corrected chi connectivity index (χ2v) is 7.43. The van der Waals surface area contributed by atoms with E-state index in [1.165, 1.54) is 11.3 Å². The molecule has 116 valence electrons. The van der Waals surface area contributed by atoms with Crippen LogP contribution in [-0.4, -0.2) is 23.5 Å². The lowest BCUT2D eigenvalue weighted by Gasteiger charge is -2.32. The predicted octanol–water partition coefficient (Wildman–Crippen LogP) is 3.49. The van der Waals surface area contributed by atoms with Crippen LogP contribution >= 0.6 is 22.9 Å². The SMILES string of the molecule is O=C(CC1(C(=O)O)CCCCC1)NCCc1ccc(Cl)s1. The van der Waals surface area contributed by atoms with Crippen LogP contribution in [0.25, 0.3) is 0 Å². The van der Waals surface area contributed by atoms with Crippen molar-refractivity contribution in [3.8, 4) is 0 Å². The number of carboxylic acid groups (broad SMARTS) is 1. The number of carbonyl (C=O) groups is 2. The van der Waals surface area contributed by atoms with E-state index in [2.05, 4.69) is 5.32 Å². The monoisotopic (exact) mass is 329 g/mol. The summed E-state index contributed by atoms with van der Waals surface area (Å²) in [7, 11) is 0. The Labute approximate surface area is 133 Å². The van der Waals surface area contributed by atoms with Crippen molar-refractivity contribution in [3.05, 3.63) is 21.3 Å². The summed E-state index contributed by atoms with van der Waals surface area (Å²) < 4.78 is 0.739. The van der Waals surface area contributed by atoms with Crippen molar-refractivity contribution in [3.63, 3.8) is 0 Å². The van der Waals surface area contributed by atoms with Crippen LogP contribution in [0.1, 0.15) is 43.4 Å². The fourth-order valence-electron chi connectivity index (χ4n) is 2.88. The number of carbonyl (C=O) groups excluding carboxylic acids is 1. The average Bonchev–Trinajstić information content (AvgIpc) is 2.85. The third kappa shape index (κ3) is 4.45. The minimum atomic E-state index is -0.853. The Morgan fingerprint density at radius 3 is 2.57 bits per heavy atom. The summed E-state index contributed by atoms with van der Waals surface area (Å²) in [4.78, 5) is 24.7. The fraction of sp³-hybridized carbons (Fsp3) is 0.600. The average molecular weight is 330 g/mol. The molecule has 1 fully saturated rings. The molecule has 1 aromatic heterocycles. The quantitative estimate of drug-likeness (QED) is 0.839. The molecule has 1 aliphatic rings. The Bertz CT molecular complexity index is 509. The lowest BCUT2D eigenvalue weighted by atomic mass is 9.71. The van der Waals surface area contributed by atoms with Gasteiger partial charge in [0.15, 0.2) is 0 Å². The first-order valence-corrected chi connectivity index (χ1v) is 8.46. The van der Waals surface area contributed by atoms with Gasteiger partial charge in [0.25, 0.3) is 0 Å². The molecule has 0 aliphatic heterocycles. The molecular formula is C15H20ClNO3S. The fourth-order valence-corrected chi connectivity index (χ4v) is 3.96.